The van der Waals surface area contributed by atoms with Gasteiger partial charge in [0.25, 0.3) is 0 Å². The minimum absolute atomic E-state index is 0.551. The Bertz CT molecular complexity index is 851. The molecule has 0 amide bonds. The lowest BCUT2D eigenvalue weighted by molar-refractivity contribution is 0.752. The molecule has 1 aliphatic rings. The summed E-state index contributed by atoms with van der Waals surface area (Å²) in [7, 11) is 0. The lowest BCUT2D eigenvalue weighted by Crippen LogP contribution is -2.16. The van der Waals surface area contributed by atoms with Crippen LogP contribution < -0.4 is 10.6 Å². The Morgan fingerprint density at radius 2 is 1.71 bits per heavy atom. The molecule has 0 radical (unpaired) electrons. The van der Waals surface area contributed by atoms with E-state index >= 15 is 0 Å². The van der Waals surface area contributed by atoms with Crippen molar-refractivity contribution >= 4 is 28.1 Å². The molecule has 0 atom stereocenters. The highest BCUT2D eigenvalue weighted by atomic mass is 15.1. The molecule has 0 bridgehead atoms. The number of para-hydroxylation sites is 1. The topological polar surface area (TPSA) is 37.0 Å². The number of nitrogens with one attached hydrogen (secondary N) is 2. The van der Waals surface area contributed by atoms with Crippen LogP contribution in [0.2, 0.25) is 0 Å². The number of rotatable bonds is 4. The first kappa shape index (κ1) is 15.0. The van der Waals surface area contributed by atoms with Gasteiger partial charge in [-0.05, 0) is 42.8 Å². The third-order valence-electron chi connectivity index (χ3n) is 4.84. The van der Waals surface area contributed by atoms with Crippen LogP contribution in [0.5, 0.6) is 0 Å². The predicted octanol–water partition coefficient (Wildman–Crippen LogP) is 5.64. The van der Waals surface area contributed by atoms with Gasteiger partial charge >= 0.3 is 0 Å². The van der Waals surface area contributed by atoms with Gasteiger partial charge in [0.1, 0.15) is 11.6 Å². The van der Waals surface area contributed by atoms with Crippen molar-refractivity contribution in [1.82, 2.24) is 4.98 Å². The first-order valence-electron chi connectivity index (χ1n) is 8.78. The molecule has 1 aliphatic carbocycles. The molecular formula is C21H23N3. The fourth-order valence-electron chi connectivity index (χ4n) is 3.49. The maximum atomic E-state index is 4.88. The Morgan fingerprint density at radius 1 is 0.958 bits per heavy atom. The van der Waals surface area contributed by atoms with E-state index in [0.717, 1.165) is 17.3 Å². The van der Waals surface area contributed by atoms with Crippen molar-refractivity contribution in [2.75, 3.05) is 10.6 Å². The van der Waals surface area contributed by atoms with Crippen LogP contribution in [0.3, 0.4) is 0 Å². The van der Waals surface area contributed by atoms with Crippen LogP contribution in [0.1, 0.15) is 31.2 Å². The number of hydrogen-bond acceptors (Lipinski definition) is 3. The van der Waals surface area contributed by atoms with E-state index in [1.165, 1.54) is 42.0 Å². The standard InChI is InChI=1S/C21H23N3/c1-15-8-2-7-13-19(15)23-20-14-16-9-3-6-12-18(16)21(24-20)22-17-10-4-5-11-17/h2-3,6-9,12-14,17H,4-5,10-11H2,1H3,(H2,22,23,24). The predicted molar refractivity (Wildman–Crippen MR) is 102 cm³/mol. The Balaban J connectivity index is 1.72. The number of aromatic nitrogens is 1. The fraction of sp³-hybridized carbons (Fsp3) is 0.286. The molecule has 2 aromatic carbocycles. The van der Waals surface area contributed by atoms with Crippen molar-refractivity contribution < 1.29 is 0 Å². The van der Waals surface area contributed by atoms with E-state index in [4.69, 9.17) is 4.98 Å². The summed E-state index contributed by atoms with van der Waals surface area (Å²) in [4.78, 5) is 4.88. The minimum atomic E-state index is 0.551. The maximum absolute atomic E-state index is 4.88. The van der Waals surface area contributed by atoms with Gasteiger partial charge in [0.2, 0.25) is 0 Å². The fourth-order valence-corrected chi connectivity index (χ4v) is 3.49. The molecule has 0 spiro atoms. The van der Waals surface area contributed by atoms with E-state index in [1.54, 1.807) is 0 Å². The highest BCUT2D eigenvalue weighted by molar-refractivity contribution is 5.94. The van der Waals surface area contributed by atoms with Crippen LogP contribution in [0.25, 0.3) is 10.8 Å². The largest absolute Gasteiger partial charge is 0.367 e. The summed E-state index contributed by atoms with van der Waals surface area (Å²) in [5.41, 5.74) is 2.32. The summed E-state index contributed by atoms with van der Waals surface area (Å²) in [6.07, 6.45) is 5.12. The normalized spacial score (nSPS) is 14.9. The quantitative estimate of drug-likeness (QED) is 0.653. The minimum Gasteiger partial charge on any atom is -0.367 e. The van der Waals surface area contributed by atoms with Gasteiger partial charge in [-0.15, -0.1) is 0 Å². The molecule has 4 rings (SSSR count). The second-order valence-corrected chi connectivity index (χ2v) is 6.64. The summed E-state index contributed by atoms with van der Waals surface area (Å²) in [6.45, 7) is 2.11. The smallest absolute Gasteiger partial charge is 0.136 e. The average Bonchev–Trinajstić information content (AvgIpc) is 3.10. The molecule has 1 heterocycles. The number of hydrogen-bond donors (Lipinski definition) is 2. The van der Waals surface area contributed by atoms with Gasteiger partial charge in [-0.1, -0.05) is 55.3 Å². The van der Waals surface area contributed by atoms with Gasteiger partial charge in [0.05, 0.1) is 0 Å². The van der Waals surface area contributed by atoms with E-state index in [1.807, 2.05) is 6.07 Å². The zero-order valence-corrected chi connectivity index (χ0v) is 14.0. The number of aryl methyl sites for hydroxylation is 1. The van der Waals surface area contributed by atoms with Gasteiger partial charge < -0.3 is 10.6 Å². The SMILES string of the molecule is Cc1ccccc1Nc1cc2ccccc2c(NC2CCCC2)n1. The van der Waals surface area contributed by atoms with Crippen LogP contribution in [-0.2, 0) is 0 Å². The van der Waals surface area contributed by atoms with Crippen molar-refractivity contribution in [2.24, 2.45) is 0 Å². The average molecular weight is 317 g/mol. The lowest BCUT2D eigenvalue weighted by Gasteiger charge is -2.17. The van der Waals surface area contributed by atoms with E-state index < -0.39 is 0 Å². The molecule has 1 aromatic heterocycles. The second kappa shape index (κ2) is 6.52. The zero-order valence-electron chi connectivity index (χ0n) is 14.0. The Kier molecular flexibility index (Phi) is 4.08. The van der Waals surface area contributed by atoms with Gasteiger partial charge in [0, 0.05) is 17.1 Å². The Morgan fingerprint density at radius 3 is 2.54 bits per heavy atom. The highest BCUT2D eigenvalue weighted by Gasteiger charge is 2.16. The molecule has 3 heteroatoms. The highest BCUT2D eigenvalue weighted by Crippen LogP contribution is 2.30. The van der Waals surface area contributed by atoms with Crippen LogP contribution in [0, 0.1) is 6.92 Å². The molecule has 0 aliphatic heterocycles. The van der Waals surface area contributed by atoms with Crippen molar-refractivity contribution in [3.05, 3.63) is 60.2 Å². The molecule has 122 valence electrons. The number of anilines is 3. The molecular weight excluding hydrogens is 294 g/mol. The summed E-state index contributed by atoms with van der Waals surface area (Å²) < 4.78 is 0. The second-order valence-electron chi connectivity index (χ2n) is 6.64. The summed E-state index contributed by atoms with van der Waals surface area (Å²) in [5.74, 6) is 1.89. The van der Waals surface area contributed by atoms with Gasteiger partial charge in [-0.3, -0.25) is 0 Å². The first-order valence-corrected chi connectivity index (χ1v) is 8.78. The Hall–Kier alpha value is -2.55. The molecule has 3 aromatic rings. The van der Waals surface area contributed by atoms with Gasteiger partial charge in [0.15, 0.2) is 0 Å². The van der Waals surface area contributed by atoms with E-state index in [0.29, 0.717) is 6.04 Å². The Labute approximate surface area is 143 Å². The summed E-state index contributed by atoms with van der Waals surface area (Å²) >= 11 is 0. The number of fused-ring (bicyclic) bond motifs is 1. The number of nitrogens with zero attached hydrogens (tertiary/aromatic N) is 1. The van der Waals surface area contributed by atoms with Crippen molar-refractivity contribution in [1.29, 1.82) is 0 Å². The maximum Gasteiger partial charge on any atom is 0.136 e. The van der Waals surface area contributed by atoms with Crippen LogP contribution >= 0.6 is 0 Å². The monoisotopic (exact) mass is 317 g/mol. The third-order valence-corrected chi connectivity index (χ3v) is 4.84. The van der Waals surface area contributed by atoms with E-state index in [-0.39, 0.29) is 0 Å². The van der Waals surface area contributed by atoms with Crippen LogP contribution in [0.15, 0.2) is 54.6 Å². The van der Waals surface area contributed by atoms with Crippen LogP contribution in [0.4, 0.5) is 17.3 Å². The van der Waals surface area contributed by atoms with Crippen LogP contribution in [-0.4, -0.2) is 11.0 Å². The van der Waals surface area contributed by atoms with Gasteiger partial charge in [-0.2, -0.15) is 0 Å². The number of benzene rings is 2. The zero-order chi connectivity index (χ0) is 16.4. The molecule has 3 nitrogen and oxygen atoms in total. The molecule has 0 unspecified atom stereocenters. The molecule has 2 N–H and O–H groups in total. The third kappa shape index (κ3) is 3.07. The van der Waals surface area contributed by atoms with E-state index in [9.17, 15) is 0 Å². The number of pyridine rings is 1. The van der Waals surface area contributed by atoms with Gasteiger partial charge in [-0.25, -0.2) is 4.98 Å². The summed E-state index contributed by atoms with van der Waals surface area (Å²) in [6, 6.07) is 19.5. The lowest BCUT2D eigenvalue weighted by atomic mass is 10.1. The van der Waals surface area contributed by atoms with Crippen molar-refractivity contribution in [3.63, 3.8) is 0 Å². The summed E-state index contributed by atoms with van der Waals surface area (Å²) in [5, 5.41) is 9.56. The molecule has 0 saturated heterocycles. The van der Waals surface area contributed by atoms with E-state index in [2.05, 4.69) is 66.1 Å². The molecule has 1 fully saturated rings. The molecule has 24 heavy (non-hydrogen) atoms. The molecule has 1 saturated carbocycles. The first-order chi connectivity index (χ1) is 11.8. The van der Waals surface area contributed by atoms with Crippen molar-refractivity contribution in [2.45, 2.75) is 38.6 Å². The van der Waals surface area contributed by atoms with Crippen molar-refractivity contribution in [3.8, 4) is 0 Å².